The van der Waals surface area contributed by atoms with Crippen LogP contribution < -0.4 is 10.6 Å². The van der Waals surface area contributed by atoms with E-state index in [-0.39, 0.29) is 6.61 Å². The number of hydrogen-bond donors (Lipinski definition) is 10. The van der Waals surface area contributed by atoms with E-state index in [4.69, 9.17) is 28.4 Å². The Kier molecular flexibility index (Phi) is 18.9. The summed E-state index contributed by atoms with van der Waals surface area (Å²) in [6.07, 6.45) is -9.52. The van der Waals surface area contributed by atoms with Gasteiger partial charge in [-0.15, -0.1) is 0 Å². The van der Waals surface area contributed by atoms with Crippen LogP contribution in [0.15, 0.2) is 0 Å². The van der Waals surface area contributed by atoms with Crippen LogP contribution in [-0.2, 0) is 28.4 Å². The van der Waals surface area contributed by atoms with E-state index in [1.54, 1.807) is 0 Å². The number of hydrogen-bond acceptors (Lipinski definition) is 16. The van der Waals surface area contributed by atoms with Crippen LogP contribution in [0, 0.1) is 0 Å². The highest BCUT2D eigenvalue weighted by atomic mass is 16.8. The first-order valence-electron chi connectivity index (χ1n) is 17.8. The summed E-state index contributed by atoms with van der Waals surface area (Å²) in [6, 6.07) is -1.93. The molecule has 0 amide bonds. The Morgan fingerprint density at radius 3 is 1.54 bits per heavy atom. The third-order valence-corrected chi connectivity index (χ3v) is 9.18. The maximum absolute atomic E-state index is 11.7. The van der Waals surface area contributed by atoms with Gasteiger partial charge in [-0.25, -0.2) is 0 Å². The number of ether oxygens (including phenoxy) is 6. The minimum atomic E-state index is -1.55. The molecule has 0 radical (unpaired) electrons. The van der Waals surface area contributed by atoms with Gasteiger partial charge < -0.3 is 79.9 Å². The second-order valence-electron chi connectivity index (χ2n) is 12.9. The Labute approximate surface area is 283 Å². The summed E-state index contributed by atoms with van der Waals surface area (Å²) in [5, 5.41) is 91.0. The van der Waals surface area contributed by atoms with Crippen LogP contribution in [0.5, 0.6) is 0 Å². The minimum Gasteiger partial charge on any atom is -0.394 e. The standard InChI is InChI=1S/C32H62N2O14/c1-4-7-8-9-10-11-14-43-32-29(27(42)24(39)19(16-36)45-32)48-31-22(34-13-6-3)26(41)28(20(17-37)46-31)47-30-21(33-12-5-2)25(40)23(38)18(15-35)44-30/h18-42H,4-17H2,1-3H3/t18-,19-,20-,21-,22-,23+,24-,25-,26-,27+,28-,29+,30+,31+,32+/m1/s1. The lowest BCUT2D eigenvalue weighted by Gasteiger charge is -2.50. The lowest BCUT2D eigenvalue weighted by atomic mass is 9.94. The normalized spacial score (nSPS) is 40.7. The molecule has 3 heterocycles. The smallest absolute Gasteiger partial charge is 0.187 e. The van der Waals surface area contributed by atoms with E-state index < -0.39 is 112 Å². The first kappa shape index (κ1) is 41.8. The van der Waals surface area contributed by atoms with Crippen molar-refractivity contribution in [3.8, 4) is 0 Å². The molecule has 3 saturated heterocycles. The number of aliphatic hydroxyl groups excluding tert-OH is 8. The summed E-state index contributed by atoms with van der Waals surface area (Å²) in [4.78, 5) is 0. The Bertz CT molecular complexity index is 866. The third kappa shape index (κ3) is 10.9. The van der Waals surface area contributed by atoms with E-state index in [2.05, 4.69) is 17.6 Å². The maximum Gasteiger partial charge on any atom is 0.187 e. The van der Waals surface area contributed by atoms with Crippen LogP contribution >= 0.6 is 0 Å². The number of aliphatic hydroxyl groups is 8. The van der Waals surface area contributed by atoms with Crippen molar-refractivity contribution in [1.29, 1.82) is 0 Å². The van der Waals surface area contributed by atoms with Crippen molar-refractivity contribution in [2.45, 2.75) is 164 Å². The van der Waals surface area contributed by atoms with Crippen molar-refractivity contribution < 1.29 is 69.3 Å². The van der Waals surface area contributed by atoms with Crippen LogP contribution in [0.2, 0.25) is 0 Å². The molecule has 0 aromatic heterocycles. The summed E-state index contributed by atoms with van der Waals surface area (Å²) >= 11 is 0. The van der Waals surface area contributed by atoms with Gasteiger partial charge in [0.25, 0.3) is 0 Å². The molecule has 0 spiro atoms. The van der Waals surface area contributed by atoms with Gasteiger partial charge in [0, 0.05) is 6.61 Å². The Morgan fingerprint density at radius 2 is 0.979 bits per heavy atom. The highest BCUT2D eigenvalue weighted by Gasteiger charge is 2.54. The Balaban J connectivity index is 1.80. The molecule has 284 valence electrons. The van der Waals surface area contributed by atoms with Crippen molar-refractivity contribution in [3.05, 3.63) is 0 Å². The predicted octanol–water partition coefficient (Wildman–Crippen LogP) is -2.17. The van der Waals surface area contributed by atoms with Crippen molar-refractivity contribution in [1.82, 2.24) is 10.6 Å². The molecule has 0 bridgehead atoms. The molecule has 3 fully saturated rings. The van der Waals surface area contributed by atoms with Crippen molar-refractivity contribution >= 4 is 0 Å². The first-order valence-corrected chi connectivity index (χ1v) is 17.8. The van der Waals surface area contributed by atoms with Gasteiger partial charge in [0.15, 0.2) is 18.9 Å². The van der Waals surface area contributed by atoms with Crippen LogP contribution in [0.1, 0.15) is 72.1 Å². The summed E-state index contributed by atoms with van der Waals surface area (Å²) in [5.74, 6) is 0. The number of unbranched alkanes of at least 4 members (excludes halogenated alkanes) is 5. The lowest BCUT2D eigenvalue weighted by Crippen LogP contribution is -2.70. The average molecular weight is 699 g/mol. The third-order valence-electron chi connectivity index (χ3n) is 9.18. The quantitative estimate of drug-likeness (QED) is 0.0574. The van der Waals surface area contributed by atoms with E-state index >= 15 is 0 Å². The molecule has 0 aromatic carbocycles. The van der Waals surface area contributed by atoms with Crippen molar-refractivity contribution in [3.63, 3.8) is 0 Å². The Hall–Kier alpha value is -0.640. The summed E-state index contributed by atoms with van der Waals surface area (Å²) in [7, 11) is 0. The first-order chi connectivity index (χ1) is 23.2. The second-order valence-corrected chi connectivity index (χ2v) is 12.9. The predicted molar refractivity (Wildman–Crippen MR) is 171 cm³/mol. The highest BCUT2D eigenvalue weighted by Crippen LogP contribution is 2.33. The van der Waals surface area contributed by atoms with Gasteiger partial charge in [-0.3, -0.25) is 0 Å². The minimum absolute atomic E-state index is 0.280. The largest absolute Gasteiger partial charge is 0.394 e. The second kappa shape index (κ2) is 21.7. The lowest BCUT2D eigenvalue weighted by molar-refractivity contribution is -0.368. The zero-order valence-corrected chi connectivity index (χ0v) is 28.6. The molecule has 48 heavy (non-hydrogen) atoms. The molecule has 0 saturated carbocycles. The fourth-order valence-corrected chi connectivity index (χ4v) is 6.33. The molecule has 3 rings (SSSR count). The molecule has 16 nitrogen and oxygen atoms in total. The average Bonchev–Trinajstić information content (AvgIpc) is 3.09. The summed E-state index contributed by atoms with van der Waals surface area (Å²) in [6.45, 7) is 5.32. The monoisotopic (exact) mass is 698 g/mol. The van der Waals surface area contributed by atoms with Gasteiger partial charge in [-0.05, 0) is 32.4 Å². The number of rotatable bonds is 21. The van der Waals surface area contributed by atoms with Gasteiger partial charge in [-0.2, -0.15) is 0 Å². The van der Waals surface area contributed by atoms with Crippen LogP contribution in [-0.4, -0.2) is 172 Å². The SMILES string of the molecule is CCCCCCCCO[C@H]1O[C@H](CO)[C@@H](O)[C@H](O)[C@@H]1O[C@@H]1O[C@H](CO)[C@@H](O[C@@H]2O[C@H](CO)[C@H](O)[C@H](O)[C@H]2NCCC)[C@H](O)[C@H]1NCCC. The molecule has 3 aliphatic rings. The molecule has 0 unspecified atom stereocenters. The molecule has 3 aliphatic heterocycles. The van der Waals surface area contributed by atoms with Crippen LogP contribution in [0.25, 0.3) is 0 Å². The van der Waals surface area contributed by atoms with Gasteiger partial charge in [0.2, 0.25) is 0 Å². The topological polar surface area (TPSA) is 241 Å². The van der Waals surface area contributed by atoms with Crippen LogP contribution in [0.3, 0.4) is 0 Å². The molecule has 15 atom stereocenters. The van der Waals surface area contributed by atoms with Gasteiger partial charge in [0.1, 0.15) is 61.0 Å². The van der Waals surface area contributed by atoms with E-state index in [1.807, 2.05) is 13.8 Å². The molecule has 0 aromatic rings. The van der Waals surface area contributed by atoms with E-state index in [0.29, 0.717) is 25.9 Å². The highest BCUT2D eigenvalue weighted by molar-refractivity contribution is 4.99. The summed E-state index contributed by atoms with van der Waals surface area (Å²) in [5.41, 5.74) is 0. The molecule has 10 N–H and O–H groups in total. The van der Waals surface area contributed by atoms with E-state index in [9.17, 15) is 40.9 Å². The summed E-state index contributed by atoms with van der Waals surface area (Å²) < 4.78 is 36.1. The molecular weight excluding hydrogens is 636 g/mol. The zero-order valence-electron chi connectivity index (χ0n) is 28.6. The van der Waals surface area contributed by atoms with Gasteiger partial charge >= 0.3 is 0 Å². The van der Waals surface area contributed by atoms with E-state index in [1.165, 1.54) is 0 Å². The fourth-order valence-electron chi connectivity index (χ4n) is 6.33. The van der Waals surface area contributed by atoms with Gasteiger partial charge in [0.05, 0.1) is 31.9 Å². The maximum atomic E-state index is 11.7. The van der Waals surface area contributed by atoms with Crippen molar-refractivity contribution in [2.24, 2.45) is 0 Å². The van der Waals surface area contributed by atoms with E-state index in [0.717, 1.165) is 38.5 Å². The molecular formula is C32H62N2O14. The Morgan fingerprint density at radius 1 is 0.500 bits per heavy atom. The van der Waals surface area contributed by atoms with Crippen molar-refractivity contribution in [2.75, 3.05) is 39.5 Å². The van der Waals surface area contributed by atoms with Crippen LogP contribution in [0.4, 0.5) is 0 Å². The molecule has 16 heteroatoms. The molecule has 0 aliphatic carbocycles. The fraction of sp³-hybridized carbons (Fsp3) is 1.00. The zero-order chi connectivity index (χ0) is 35.2. The number of nitrogens with one attached hydrogen (secondary N) is 2. The van der Waals surface area contributed by atoms with Gasteiger partial charge in [-0.1, -0.05) is 52.9 Å².